The molecule has 0 aliphatic heterocycles. The predicted molar refractivity (Wildman–Crippen MR) is 76.9 cm³/mol. The van der Waals surface area contributed by atoms with Gasteiger partial charge >= 0.3 is 0 Å². The summed E-state index contributed by atoms with van der Waals surface area (Å²) in [4.78, 5) is 0.653. The lowest BCUT2D eigenvalue weighted by Crippen LogP contribution is -2.31. The van der Waals surface area contributed by atoms with Crippen molar-refractivity contribution in [3.63, 3.8) is 0 Å². The number of anilines is 1. The van der Waals surface area contributed by atoms with Crippen molar-refractivity contribution in [3.05, 3.63) is 46.7 Å². The number of nitrogens with zero attached hydrogens (tertiary/aromatic N) is 1. The summed E-state index contributed by atoms with van der Waals surface area (Å²) in [5.41, 5.74) is 0.625. The van der Waals surface area contributed by atoms with Gasteiger partial charge in [-0.2, -0.15) is 0 Å². The average Bonchev–Trinajstić information content (AvgIpc) is 2.89. The van der Waals surface area contributed by atoms with Crippen molar-refractivity contribution in [1.29, 1.82) is 0 Å². The highest BCUT2D eigenvalue weighted by Crippen LogP contribution is 2.28. The molecule has 0 spiro atoms. The first-order valence-electron chi connectivity index (χ1n) is 5.86. The van der Waals surface area contributed by atoms with E-state index in [4.69, 9.17) is 0 Å². The smallest absolute Gasteiger partial charge is 0.265 e. The van der Waals surface area contributed by atoms with Crippen LogP contribution in [0.15, 0.2) is 46.7 Å². The van der Waals surface area contributed by atoms with Crippen LogP contribution in [0.3, 0.4) is 0 Å². The van der Waals surface area contributed by atoms with E-state index in [0.29, 0.717) is 17.1 Å². The van der Waals surface area contributed by atoms with Gasteiger partial charge in [-0.3, -0.25) is 4.31 Å². The van der Waals surface area contributed by atoms with Crippen molar-refractivity contribution >= 4 is 27.0 Å². The summed E-state index contributed by atoms with van der Waals surface area (Å²) >= 11 is 1.24. The Labute approximate surface area is 117 Å². The van der Waals surface area contributed by atoms with E-state index in [-0.39, 0.29) is 11.5 Å². The minimum Gasteiger partial charge on any atom is -0.391 e. The van der Waals surface area contributed by atoms with Crippen LogP contribution in [0.5, 0.6) is 0 Å². The predicted octanol–water partition coefficient (Wildman–Crippen LogP) is 2.46. The molecule has 0 aliphatic carbocycles. The van der Waals surface area contributed by atoms with E-state index in [1.165, 1.54) is 21.7 Å². The first kappa shape index (κ1) is 14.0. The molecule has 0 saturated carbocycles. The molecule has 6 heteroatoms. The van der Waals surface area contributed by atoms with Crippen LogP contribution in [-0.2, 0) is 16.6 Å². The molecule has 4 nitrogen and oxygen atoms in total. The highest BCUT2D eigenvalue weighted by molar-refractivity contribution is 7.93. The topological polar surface area (TPSA) is 57.6 Å². The minimum atomic E-state index is -3.62. The Balaban J connectivity index is 2.49. The van der Waals surface area contributed by atoms with Crippen LogP contribution in [0, 0.1) is 0 Å². The molecule has 2 aromatic rings. The molecular formula is C13H15NO3S2. The maximum Gasteiger partial charge on any atom is 0.265 e. The summed E-state index contributed by atoms with van der Waals surface area (Å²) in [7, 11) is -3.62. The second kappa shape index (κ2) is 5.73. The van der Waals surface area contributed by atoms with Gasteiger partial charge in [0.1, 0.15) is 4.90 Å². The number of benzene rings is 1. The molecule has 0 atom stereocenters. The van der Waals surface area contributed by atoms with Gasteiger partial charge < -0.3 is 5.11 Å². The van der Waals surface area contributed by atoms with Crippen molar-refractivity contribution in [2.75, 3.05) is 10.8 Å². The summed E-state index contributed by atoms with van der Waals surface area (Å²) in [6.07, 6.45) is 0. The second-order valence-corrected chi connectivity index (χ2v) is 6.70. The highest BCUT2D eigenvalue weighted by Gasteiger charge is 2.26. The van der Waals surface area contributed by atoms with Crippen molar-refractivity contribution in [1.82, 2.24) is 0 Å². The highest BCUT2D eigenvalue weighted by atomic mass is 32.2. The quantitative estimate of drug-likeness (QED) is 0.922. The largest absolute Gasteiger partial charge is 0.391 e. The van der Waals surface area contributed by atoms with Crippen molar-refractivity contribution < 1.29 is 13.5 Å². The molecule has 1 heterocycles. The first-order chi connectivity index (χ1) is 9.11. The van der Waals surface area contributed by atoms with Crippen LogP contribution in [0.25, 0.3) is 0 Å². The molecule has 2 rings (SSSR count). The lowest BCUT2D eigenvalue weighted by atomic mass is 10.3. The van der Waals surface area contributed by atoms with E-state index < -0.39 is 10.0 Å². The van der Waals surface area contributed by atoms with Crippen LogP contribution in [-0.4, -0.2) is 20.1 Å². The van der Waals surface area contributed by atoms with E-state index in [1.54, 1.807) is 36.6 Å². The van der Waals surface area contributed by atoms with Gasteiger partial charge in [-0.1, -0.05) is 18.2 Å². The summed E-state index contributed by atoms with van der Waals surface area (Å²) in [5.74, 6) is 0. The normalized spacial score (nSPS) is 11.5. The fraction of sp³-hybridized carbons (Fsp3) is 0.231. The number of rotatable bonds is 5. The van der Waals surface area contributed by atoms with E-state index in [0.717, 1.165) is 0 Å². The van der Waals surface area contributed by atoms with Crippen molar-refractivity contribution in [2.45, 2.75) is 18.4 Å². The van der Waals surface area contributed by atoms with Crippen LogP contribution >= 0.6 is 11.3 Å². The Morgan fingerprint density at radius 1 is 1.21 bits per heavy atom. The van der Waals surface area contributed by atoms with Gasteiger partial charge in [-0.25, -0.2) is 8.42 Å². The number of hydrogen-bond acceptors (Lipinski definition) is 4. The summed E-state index contributed by atoms with van der Waals surface area (Å²) in [5, 5.41) is 10.9. The third-order valence-corrected chi connectivity index (χ3v) is 5.77. The molecule has 0 unspecified atom stereocenters. The van der Waals surface area contributed by atoms with Gasteiger partial charge in [0.05, 0.1) is 17.2 Å². The summed E-state index contributed by atoms with van der Waals surface area (Å²) in [6, 6.07) is 10.5. The number of aliphatic hydroxyl groups is 1. The van der Waals surface area contributed by atoms with Crippen LogP contribution in [0.4, 0.5) is 5.69 Å². The molecular weight excluding hydrogens is 282 g/mol. The van der Waals surface area contributed by atoms with Crippen LogP contribution < -0.4 is 4.31 Å². The number of thiophene rings is 1. The summed E-state index contributed by atoms with van der Waals surface area (Å²) < 4.78 is 26.6. The Hall–Kier alpha value is -1.37. The lowest BCUT2D eigenvalue weighted by Gasteiger charge is -2.22. The minimum absolute atomic E-state index is 0.186. The number of para-hydroxylation sites is 1. The third kappa shape index (κ3) is 2.65. The van der Waals surface area contributed by atoms with Gasteiger partial charge in [0.2, 0.25) is 0 Å². The average molecular weight is 297 g/mol. The molecule has 1 aromatic carbocycles. The van der Waals surface area contributed by atoms with Gasteiger partial charge in [0.25, 0.3) is 10.0 Å². The van der Waals surface area contributed by atoms with Gasteiger partial charge in [-0.05, 0) is 30.5 Å². The number of aliphatic hydroxyl groups excluding tert-OH is 1. The molecule has 0 fully saturated rings. The first-order valence-corrected chi connectivity index (χ1v) is 8.18. The van der Waals surface area contributed by atoms with Crippen molar-refractivity contribution in [2.24, 2.45) is 0 Å². The van der Waals surface area contributed by atoms with E-state index in [9.17, 15) is 13.5 Å². The monoisotopic (exact) mass is 297 g/mol. The van der Waals surface area contributed by atoms with Crippen molar-refractivity contribution in [3.8, 4) is 0 Å². The molecule has 19 heavy (non-hydrogen) atoms. The molecule has 102 valence electrons. The van der Waals surface area contributed by atoms with Gasteiger partial charge in [0, 0.05) is 6.54 Å². The Morgan fingerprint density at radius 3 is 2.47 bits per heavy atom. The zero-order valence-electron chi connectivity index (χ0n) is 10.5. The Morgan fingerprint density at radius 2 is 1.89 bits per heavy atom. The van der Waals surface area contributed by atoms with E-state index >= 15 is 0 Å². The maximum absolute atomic E-state index is 12.6. The molecule has 0 radical (unpaired) electrons. The standard InChI is InChI=1S/C13H15NO3S2/c1-2-14(11-6-4-3-5-7-11)19(16,17)13-8-9-18-12(13)10-15/h3-9,15H,2,10H2,1H3. The molecule has 1 N–H and O–H groups in total. The zero-order chi connectivity index (χ0) is 13.9. The number of sulfonamides is 1. The maximum atomic E-state index is 12.6. The van der Waals surface area contributed by atoms with Gasteiger partial charge in [0.15, 0.2) is 0 Å². The molecule has 0 aliphatic rings. The fourth-order valence-corrected chi connectivity index (χ4v) is 4.62. The Kier molecular flexibility index (Phi) is 4.24. The van der Waals surface area contributed by atoms with E-state index in [1.807, 2.05) is 6.07 Å². The van der Waals surface area contributed by atoms with E-state index in [2.05, 4.69) is 0 Å². The molecule has 0 amide bonds. The lowest BCUT2D eigenvalue weighted by molar-refractivity contribution is 0.282. The van der Waals surface area contributed by atoms with Crippen LogP contribution in [0.2, 0.25) is 0 Å². The number of hydrogen-bond donors (Lipinski definition) is 1. The Bertz CT molecular complexity index is 635. The molecule has 0 saturated heterocycles. The van der Waals surface area contributed by atoms with Crippen LogP contribution in [0.1, 0.15) is 11.8 Å². The SMILES string of the molecule is CCN(c1ccccc1)S(=O)(=O)c1ccsc1CO. The molecule has 0 bridgehead atoms. The summed E-state index contributed by atoms with van der Waals surface area (Å²) in [6.45, 7) is 1.86. The third-order valence-electron chi connectivity index (χ3n) is 2.75. The van der Waals surface area contributed by atoms with Gasteiger partial charge in [-0.15, -0.1) is 11.3 Å². The molecule has 1 aromatic heterocycles. The fourth-order valence-electron chi connectivity index (χ4n) is 1.88. The second-order valence-electron chi connectivity index (χ2n) is 3.87. The zero-order valence-corrected chi connectivity index (χ0v) is 12.1.